The van der Waals surface area contributed by atoms with Crippen molar-refractivity contribution in [2.75, 3.05) is 45.4 Å². The predicted molar refractivity (Wildman–Crippen MR) is 140 cm³/mol. The Morgan fingerprint density at radius 3 is 2.28 bits per heavy atom. The summed E-state index contributed by atoms with van der Waals surface area (Å²) in [6, 6.07) is 13.1. The van der Waals surface area contributed by atoms with E-state index in [-0.39, 0.29) is 17.1 Å². The highest BCUT2D eigenvalue weighted by molar-refractivity contribution is 6.02. The molecule has 4 aromatic rings. The summed E-state index contributed by atoms with van der Waals surface area (Å²) in [4.78, 5) is 24.0. The van der Waals surface area contributed by atoms with E-state index in [0.717, 1.165) is 41.1 Å². The number of pyridine rings is 1. The van der Waals surface area contributed by atoms with Crippen LogP contribution in [0.15, 0.2) is 55.0 Å². The summed E-state index contributed by atoms with van der Waals surface area (Å²) < 4.78 is 56.1. The first kappa shape index (κ1) is 26.5. The van der Waals surface area contributed by atoms with Crippen LogP contribution >= 0.6 is 0 Å². The van der Waals surface area contributed by atoms with Crippen LogP contribution in [0.4, 0.5) is 19.0 Å². The summed E-state index contributed by atoms with van der Waals surface area (Å²) in [6.07, 6.45) is -2.89. The van der Waals surface area contributed by atoms with E-state index in [1.807, 2.05) is 36.5 Å². The van der Waals surface area contributed by atoms with Crippen molar-refractivity contribution < 1.29 is 32.2 Å². The van der Waals surface area contributed by atoms with Crippen molar-refractivity contribution in [1.29, 1.82) is 0 Å². The summed E-state index contributed by atoms with van der Waals surface area (Å²) in [6.45, 7) is 3.01. The van der Waals surface area contributed by atoms with Crippen molar-refractivity contribution >= 4 is 22.6 Å². The minimum atomic E-state index is -4.44. The standard InChI is InChI=1S/C28H27F3N4O4/c1-37-24-14-20(15-25(38-2)27(24)23(36)7-8-28(29,30)31)35-17-33-21-13-18(3-5-22(21)35)19-4-6-26(32-16-19)34-9-11-39-12-10-34/h3-6,13-17H,7-12H2,1-2H3. The van der Waals surface area contributed by atoms with Gasteiger partial charge < -0.3 is 19.1 Å². The fraction of sp³-hybridized carbons (Fsp3) is 0.321. The second kappa shape index (κ2) is 10.9. The van der Waals surface area contributed by atoms with Crippen LogP contribution in [0.5, 0.6) is 11.5 Å². The van der Waals surface area contributed by atoms with Gasteiger partial charge in [-0.1, -0.05) is 6.07 Å². The second-order valence-electron chi connectivity index (χ2n) is 9.09. The number of aromatic nitrogens is 3. The Bertz CT molecular complexity index is 1450. The van der Waals surface area contributed by atoms with Gasteiger partial charge in [0.25, 0.3) is 0 Å². The molecule has 0 amide bonds. The molecule has 1 saturated heterocycles. The van der Waals surface area contributed by atoms with E-state index in [9.17, 15) is 18.0 Å². The zero-order valence-corrected chi connectivity index (χ0v) is 21.5. The van der Waals surface area contributed by atoms with Gasteiger partial charge in [0.1, 0.15) is 29.2 Å². The molecular weight excluding hydrogens is 513 g/mol. The summed E-state index contributed by atoms with van der Waals surface area (Å²) >= 11 is 0. The summed E-state index contributed by atoms with van der Waals surface area (Å²) in [5, 5.41) is 0. The van der Waals surface area contributed by atoms with Gasteiger partial charge in [0.2, 0.25) is 0 Å². The lowest BCUT2D eigenvalue weighted by atomic mass is 10.0. The van der Waals surface area contributed by atoms with Crippen LogP contribution in [-0.4, -0.2) is 67.0 Å². The summed E-state index contributed by atoms with van der Waals surface area (Å²) in [5.74, 6) is 0.458. The Morgan fingerprint density at radius 2 is 1.67 bits per heavy atom. The van der Waals surface area contributed by atoms with E-state index in [1.165, 1.54) is 14.2 Å². The van der Waals surface area contributed by atoms with Crippen LogP contribution in [0, 0.1) is 0 Å². The number of hydrogen-bond donors (Lipinski definition) is 0. The van der Waals surface area contributed by atoms with Crippen LogP contribution in [-0.2, 0) is 4.74 Å². The number of benzene rings is 2. The quantitative estimate of drug-likeness (QED) is 0.275. The maximum Gasteiger partial charge on any atom is 0.389 e. The normalized spacial score (nSPS) is 14.0. The topological polar surface area (TPSA) is 78.7 Å². The Labute approximate surface area is 222 Å². The first-order chi connectivity index (χ1) is 18.8. The number of ketones is 1. The highest BCUT2D eigenvalue weighted by atomic mass is 19.4. The number of imidazole rings is 1. The van der Waals surface area contributed by atoms with E-state index in [2.05, 4.69) is 14.9 Å². The number of fused-ring (bicyclic) bond motifs is 1. The van der Waals surface area contributed by atoms with Gasteiger partial charge in [-0.05, 0) is 29.8 Å². The van der Waals surface area contributed by atoms with Gasteiger partial charge in [-0.25, -0.2) is 9.97 Å². The van der Waals surface area contributed by atoms with Crippen molar-refractivity contribution in [1.82, 2.24) is 14.5 Å². The molecule has 11 heteroatoms. The number of ether oxygens (including phenoxy) is 3. The molecule has 39 heavy (non-hydrogen) atoms. The number of Topliss-reactive ketones (excluding diaryl/α,β-unsaturated/α-hetero) is 1. The number of alkyl halides is 3. The molecule has 2 aromatic carbocycles. The molecule has 0 saturated carbocycles. The molecule has 0 aliphatic carbocycles. The van der Waals surface area contributed by atoms with E-state index >= 15 is 0 Å². The average molecular weight is 541 g/mol. The number of rotatable bonds is 8. The first-order valence-corrected chi connectivity index (χ1v) is 12.4. The zero-order valence-electron chi connectivity index (χ0n) is 21.5. The second-order valence-corrected chi connectivity index (χ2v) is 9.09. The lowest BCUT2D eigenvalue weighted by Crippen LogP contribution is -2.36. The molecule has 1 aliphatic rings. The molecule has 0 spiro atoms. The highest BCUT2D eigenvalue weighted by Gasteiger charge is 2.30. The fourth-order valence-corrected chi connectivity index (χ4v) is 4.63. The van der Waals surface area contributed by atoms with Crippen LogP contribution < -0.4 is 14.4 Å². The van der Waals surface area contributed by atoms with Gasteiger partial charge in [-0.2, -0.15) is 13.2 Å². The van der Waals surface area contributed by atoms with E-state index in [4.69, 9.17) is 14.2 Å². The van der Waals surface area contributed by atoms with Crippen molar-refractivity contribution in [3.63, 3.8) is 0 Å². The van der Waals surface area contributed by atoms with Gasteiger partial charge in [0.15, 0.2) is 5.78 Å². The lowest BCUT2D eigenvalue weighted by molar-refractivity contribution is -0.133. The Morgan fingerprint density at radius 1 is 0.974 bits per heavy atom. The highest BCUT2D eigenvalue weighted by Crippen LogP contribution is 2.36. The molecule has 8 nitrogen and oxygen atoms in total. The van der Waals surface area contributed by atoms with Crippen LogP contribution in [0.3, 0.4) is 0 Å². The van der Waals surface area contributed by atoms with Gasteiger partial charge in [0, 0.05) is 43.4 Å². The Kier molecular flexibility index (Phi) is 7.42. The first-order valence-electron chi connectivity index (χ1n) is 12.4. The van der Waals surface area contributed by atoms with E-state index in [0.29, 0.717) is 18.9 Å². The molecule has 0 unspecified atom stereocenters. The summed E-state index contributed by atoms with van der Waals surface area (Å²) in [7, 11) is 2.71. The predicted octanol–water partition coefficient (Wildman–Crippen LogP) is 5.47. The number of hydrogen-bond acceptors (Lipinski definition) is 7. The zero-order chi connectivity index (χ0) is 27.6. The largest absolute Gasteiger partial charge is 0.496 e. The Hall–Kier alpha value is -4.12. The number of carbonyl (C=O) groups excluding carboxylic acids is 1. The Balaban J connectivity index is 1.44. The molecule has 3 heterocycles. The molecule has 1 fully saturated rings. The monoisotopic (exact) mass is 540 g/mol. The van der Waals surface area contributed by atoms with Gasteiger partial charge >= 0.3 is 6.18 Å². The van der Waals surface area contributed by atoms with Crippen molar-refractivity contribution in [2.24, 2.45) is 0 Å². The molecule has 2 aromatic heterocycles. The van der Waals surface area contributed by atoms with Crippen LogP contribution in [0.2, 0.25) is 0 Å². The van der Waals surface area contributed by atoms with E-state index < -0.39 is 24.8 Å². The number of halogens is 3. The maximum absolute atomic E-state index is 12.7. The smallest absolute Gasteiger partial charge is 0.389 e. The van der Waals surface area contributed by atoms with Crippen LogP contribution in [0.25, 0.3) is 27.8 Å². The molecule has 0 bridgehead atoms. The minimum absolute atomic E-state index is 0.0206. The number of nitrogens with zero attached hydrogens (tertiary/aromatic N) is 4. The SMILES string of the molecule is COc1cc(-n2cnc3cc(-c4ccc(N5CCOCC5)nc4)ccc32)cc(OC)c1C(=O)CCC(F)(F)F. The van der Waals surface area contributed by atoms with Crippen molar-refractivity contribution in [2.45, 2.75) is 19.0 Å². The maximum atomic E-state index is 12.7. The minimum Gasteiger partial charge on any atom is -0.496 e. The lowest BCUT2D eigenvalue weighted by Gasteiger charge is -2.27. The number of carbonyl (C=O) groups is 1. The molecule has 1 aliphatic heterocycles. The third-order valence-electron chi connectivity index (χ3n) is 6.65. The fourth-order valence-electron chi connectivity index (χ4n) is 4.63. The van der Waals surface area contributed by atoms with Gasteiger partial charge in [0.05, 0.1) is 50.6 Å². The van der Waals surface area contributed by atoms with Gasteiger partial charge in [-0.15, -0.1) is 0 Å². The van der Waals surface area contributed by atoms with Gasteiger partial charge in [-0.3, -0.25) is 9.36 Å². The molecule has 204 valence electrons. The molecule has 0 atom stereocenters. The molecule has 0 N–H and O–H groups in total. The van der Waals surface area contributed by atoms with Crippen molar-refractivity contribution in [3.05, 3.63) is 60.6 Å². The third-order valence-corrected chi connectivity index (χ3v) is 6.65. The molecule has 5 rings (SSSR count). The number of methoxy groups -OCH3 is 2. The number of morpholine rings is 1. The average Bonchev–Trinajstić information content (AvgIpc) is 3.38. The van der Waals surface area contributed by atoms with Crippen molar-refractivity contribution in [3.8, 4) is 28.3 Å². The molecule has 0 radical (unpaired) electrons. The summed E-state index contributed by atoms with van der Waals surface area (Å²) in [5.41, 5.74) is 3.99. The van der Waals surface area contributed by atoms with Crippen LogP contribution in [0.1, 0.15) is 23.2 Å². The molecular formula is C28H27F3N4O4. The number of anilines is 1. The van der Waals surface area contributed by atoms with E-state index in [1.54, 1.807) is 23.0 Å². The third kappa shape index (κ3) is 5.68.